The van der Waals surface area contributed by atoms with Crippen molar-refractivity contribution in [1.82, 2.24) is 30.1 Å². The molecule has 120 valence electrons. The van der Waals surface area contributed by atoms with Gasteiger partial charge in [-0.2, -0.15) is 5.10 Å². The van der Waals surface area contributed by atoms with Gasteiger partial charge in [0, 0.05) is 31.9 Å². The molecule has 4 heterocycles. The highest BCUT2D eigenvalue weighted by Gasteiger charge is 2.22. The van der Waals surface area contributed by atoms with Gasteiger partial charge in [0.25, 0.3) is 0 Å². The van der Waals surface area contributed by atoms with Crippen LogP contribution in [0.3, 0.4) is 0 Å². The Balaban J connectivity index is 1.70. The quantitative estimate of drug-likeness (QED) is 0.774. The van der Waals surface area contributed by atoms with E-state index in [1.165, 1.54) is 0 Å². The van der Waals surface area contributed by atoms with E-state index in [2.05, 4.69) is 42.5 Å². The number of fused-ring (bicyclic) bond motifs is 1. The Bertz CT molecular complexity index is 819. The molecular weight excluding hydrogens is 296 g/mol. The van der Waals surface area contributed by atoms with Crippen LogP contribution in [0.4, 0.5) is 11.6 Å². The second-order valence-electron chi connectivity index (χ2n) is 5.81. The van der Waals surface area contributed by atoms with E-state index in [-0.39, 0.29) is 6.04 Å². The molecule has 0 spiro atoms. The maximum Gasteiger partial charge on any atom is 0.245 e. The molecule has 0 amide bonds. The molecule has 0 saturated carbocycles. The van der Waals surface area contributed by atoms with Crippen LogP contribution in [0.5, 0.6) is 0 Å². The molecule has 3 aromatic rings. The highest BCUT2D eigenvalue weighted by atomic mass is 16.6. The van der Waals surface area contributed by atoms with Gasteiger partial charge in [-0.15, -0.1) is 0 Å². The first-order valence-corrected chi connectivity index (χ1v) is 7.71. The van der Waals surface area contributed by atoms with Gasteiger partial charge in [-0.1, -0.05) is 0 Å². The van der Waals surface area contributed by atoms with Crippen molar-refractivity contribution < 1.29 is 4.63 Å². The average Bonchev–Trinajstić information content (AvgIpc) is 3.27. The standard InChI is InChI=1S/C14H18N8O/c1-9(10-7-15-21(2)8-10)16-13-14(22-5-3-4-6-22)18-12-11(17-13)19-23-20-12/h7-9H,3-6H2,1-2H3,(H,16,17,19). The molecule has 3 aromatic heterocycles. The smallest absolute Gasteiger partial charge is 0.245 e. The molecule has 1 N–H and O–H groups in total. The predicted octanol–water partition coefficient (Wildman–Crippen LogP) is 1.52. The van der Waals surface area contributed by atoms with Gasteiger partial charge in [0.2, 0.25) is 11.3 Å². The minimum absolute atomic E-state index is 0.0525. The van der Waals surface area contributed by atoms with Crippen molar-refractivity contribution in [2.75, 3.05) is 23.3 Å². The zero-order valence-electron chi connectivity index (χ0n) is 13.1. The number of hydrogen-bond donors (Lipinski definition) is 1. The second kappa shape index (κ2) is 5.49. The van der Waals surface area contributed by atoms with Crippen molar-refractivity contribution >= 4 is 22.9 Å². The first-order chi connectivity index (χ1) is 11.2. The number of hydrogen-bond acceptors (Lipinski definition) is 8. The summed E-state index contributed by atoms with van der Waals surface area (Å²) in [5.41, 5.74) is 1.93. The van der Waals surface area contributed by atoms with Gasteiger partial charge < -0.3 is 10.2 Å². The van der Waals surface area contributed by atoms with Crippen molar-refractivity contribution in [2.45, 2.75) is 25.8 Å². The number of rotatable bonds is 4. The molecule has 4 rings (SSSR count). The number of anilines is 2. The van der Waals surface area contributed by atoms with E-state index in [9.17, 15) is 0 Å². The lowest BCUT2D eigenvalue weighted by atomic mass is 10.2. The fourth-order valence-electron chi connectivity index (χ4n) is 2.83. The topological polar surface area (TPSA) is 97.8 Å². The Hall–Kier alpha value is -2.71. The lowest BCUT2D eigenvalue weighted by molar-refractivity contribution is 0.314. The Labute approximate surface area is 132 Å². The van der Waals surface area contributed by atoms with E-state index in [4.69, 9.17) is 4.63 Å². The monoisotopic (exact) mass is 314 g/mol. The van der Waals surface area contributed by atoms with Gasteiger partial charge in [-0.05, 0) is 30.1 Å². The van der Waals surface area contributed by atoms with Crippen LogP contribution in [0.25, 0.3) is 11.3 Å². The van der Waals surface area contributed by atoms with Crippen molar-refractivity contribution in [1.29, 1.82) is 0 Å². The highest BCUT2D eigenvalue weighted by Crippen LogP contribution is 2.29. The number of nitrogens with zero attached hydrogens (tertiary/aromatic N) is 7. The molecule has 23 heavy (non-hydrogen) atoms. The Morgan fingerprint density at radius 1 is 1.17 bits per heavy atom. The lowest BCUT2D eigenvalue weighted by Gasteiger charge is -2.21. The van der Waals surface area contributed by atoms with E-state index in [1.807, 2.05) is 19.4 Å². The first kappa shape index (κ1) is 13.9. The van der Waals surface area contributed by atoms with Crippen LogP contribution in [-0.4, -0.2) is 43.2 Å². The van der Waals surface area contributed by atoms with E-state index in [1.54, 1.807) is 4.68 Å². The van der Waals surface area contributed by atoms with Gasteiger partial charge in [-0.3, -0.25) is 4.68 Å². The Kier molecular flexibility index (Phi) is 3.32. The summed E-state index contributed by atoms with van der Waals surface area (Å²) >= 11 is 0. The van der Waals surface area contributed by atoms with Crippen LogP contribution in [0.1, 0.15) is 31.4 Å². The average molecular weight is 314 g/mol. The van der Waals surface area contributed by atoms with Crippen molar-refractivity contribution in [3.8, 4) is 0 Å². The molecule has 0 aromatic carbocycles. The predicted molar refractivity (Wildman–Crippen MR) is 84.1 cm³/mol. The maximum atomic E-state index is 4.75. The summed E-state index contributed by atoms with van der Waals surface area (Å²) in [7, 11) is 1.90. The van der Waals surface area contributed by atoms with Gasteiger partial charge in [0.1, 0.15) is 0 Å². The Morgan fingerprint density at radius 2 is 1.91 bits per heavy atom. The first-order valence-electron chi connectivity index (χ1n) is 7.71. The minimum Gasteiger partial charge on any atom is -0.360 e. The van der Waals surface area contributed by atoms with Gasteiger partial charge in [0.05, 0.1) is 12.2 Å². The summed E-state index contributed by atoms with van der Waals surface area (Å²) in [6.45, 7) is 4.01. The lowest BCUT2D eigenvalue weighted by Crippen LogP contribution is -2.22. The molecule has 1 fully saturated rings. The summed E-state index contributed by atoms with van der Waals surface area (Å²) in [6, 6.07) is 0.0525. The van der Waals surface area contributed by atoms with E-state index < -0.39 is 0 Å². The summed E-state index contributed by atoms with van der Waals surface area (Å²) < 4.78 is 6.53. The number of aromatic nitrogens is 6. The van der Waals surface area contributed by atoms with Gasteiger partial charge >= 0.3 is 0 Å². The van der Waals surface area contributed by atoms with Crippen LogP contribution in [0, 0.1) is 0 Å². The minimum atomic E-state index is 0.0525. The SMILES string of the molecule is CC(Nc1nc2nonc2nc1N1CCCC1)c1cnn(C)c1. The molecular formula is C14H18N8O. The van der Waals surface area contributed by atoms with Gasteiger partial charge in [0.15, 0.2) is 11.6 Å². The van der Waals surface area contributed by atoms with E-state index >= 15 is 0 Å². The third kappa shape index (κ3) is 2.58. The van der Waals surface area contributed by atoms with Crippen LogP contribution in [0.2, 0.25) is 0 Å². The summed E-state index contributed by atoms with van der Waals surface area (Å²) in [5, 5.41) is 15.2. The fraction of sp³-hybridized carbons (Fsp3) is 0.500. The molecule has 9 heteroatoms. The third-order valence-corrected chi connectivity index (χ3v) is 4.08. The molecule has 0 aliphatic carbocycles. The third-order valence-electron chi connectivity index (χ3n) is 4.08. The Morgan fingerprint density at radius 3 is 2.61 bits per heavy atom. The summed E-state index contributed by atoms with van der Waals surface area (Å²) in [6.07, 6.45) is 6.15. The molecule has 1 unspecified atom stereocenters. The number of aryl methyl sites for hydroxylation is 1. The zero-order chi connectivity index (χ0) is 15.8. The molecule has 0 bridgehead atoms. The van der Waals surface area contributed by atoms with Crippen molar-refractivity contribution in [3.63, 3.8) is 0 Å². The zero-order valence-corrected chi connectivity index (χ0v) is 13.1. The molecule has 1 atom stereocenters. The molecule has 9 nitrogen and oxygen atoms in total. The fourth-order valence-corrected chi connectivity index (χ4v) is 2.83. The maximum absolute atomic E-state index is 4.75. The van der Waals surface area contributed by atoms with Crippen LogP contribution >= 0.6 is 0 Å². The van der Waals surface area contributed by atoms with Gasteiger partial charge in [-0.25, -0.2) is 14.6 Å². The van der Waals surface area contributed by atoms with Crippen molar-refractivity contribution in [3.05, 3.63) is 18.0 Å². The molecule has 1 aliphatic heterocycles. The normalized spacial score (nSPS) is 16.2. The van der Waals surface area contributed by atoms with Crippen LogP contribution < -0.4 is 10.2 Å². The highest BCUT2D eigenvalue weighted by molar-refractivity contribution is 5.74. The van der Waals surface area contributed by atoms with E-state index in [0.29, 0.717) is 17.1 Å². The van der Waals surface area contributed by atoms with Crippen LogP contribution in [0.15, 0.2) is 17.0 Å². The summed E-state index contributed by atoms with van der Waals surface area (Å²) in [5.74, 6) is 1.51. The van der Waals surface area contributed by atoms with Crippen molar-refractivity contribution in [2.24, 2.45) is 7.05 Å². The second-order valence-corrected chi connectivity index (χ2v) is 5.81. The van der Waals surface area contributed by atoms with Crippen LogP contribution in [-0.2, 0) is 7.05 Å². The molecule has 1 saturated heterocycles. The number of nitrogens with one attached hydrogen (secondary N) is 1. The summed E-state index contributed by atoms with van der Waals surface area (Å²) in [4.78, 5) is 11.3. The van der Waals surface area contributed by atoms with E-state index in [0.717, 1.165) is 37.3 Å². The molecule has 0 radical (unpaired) electrons. The molecule has 1 aliphatic rings. The largest absolute Gasteiger partial charge is 0.360 e.